The number of halogens is 1. The lowest BCUT2D eigenvalue weighted by Gasteiger charge is -2.27. The predicted molar refractivity (Wildman–Crippen MR) is 76.0 cm³/mol. The number of carbonyl (C=O) groups is 1. The van der Waals surface area contributed by atoms with E-state index in [0.717, 1.165) is 16.6 Å². The Bertz CT molecular complexity index is 479. The van der Waals surface area contributed by atoms with Crippen LogP contribution in [-0.2, 0) is 11.2 Å². The third-order valence-corrected chi connectivity index (χ3v) is 3.34. The van der Waals surface area contributed by atoms with Gasteiger partial charge in [0.2, 0.25) is 0 Å². The quantitative estimate of drug-likeness (QED) is 0.721. The first-order valence-electron chi connectivity index (χ1n) is 6.08. The van der Waals surface area contributed by atoms with E-state index < -0.39 is 5.60 Å². The summed E-state index contributed by atoms with van der Waals surface area (Å²) in [5, 5.41) is 0. The second-order valence-electron chi connectivity index (χ2n) is 5.68. The van der Waals surface area contributed by atoms with Crippen LogP contribution >= 0.6 is 15.9 Å². The summed E-state index contributed by atoms with van der Waals surface area (Å²) in [6.07, 6.45) is 0.602. The molecule has 0 bridgehead atoms. The molecule has 0 aliphatic carbocycles. The van der Waals surface area contributed by atoms with E-state index in [1.54, 1.807) is 4.90 Å². The van der Waals surface area contributed by atoms with Crippen LogP contribution in [-0.4, -0.2) is 17.7 Å². The molecule has 1 atom stereocenters. The number of anilines is 1. The lowest BCUT2D eigenvalue weighted by atomic mass is 10.1. The fraction of sp³-hybridized carbons (Fsp3) is 0.500. The minimum atomic E-state index is -0.463. The van der Waals surface area contributed by atoms with E-state index in [4.69, 9.17) is 4.74 Å². The van der Waals surface area contributed by atoms with Crippen molar-refractivity contribution in [2.24, 2.45) is 0 Å². The van der Waals surface area contributed by atoms with E-state index in [0.29, 0.717) is 0 Å². The van der Waals surface area contributed by atoms with E-state index in [1.807, 2.05) is 39.8 Å². The second kappa shape index (κ2) is 4.57. The zero-order valence-corrected chi connectivity index (χ0v) is 12.7. The zero-order chi connectivity index (χ0) is 13.5. The first-order valence-corrected chi connectivity index (χ1v) is 6.88. The summed E-state index contributed by atoms with van der Waals surface area (Å²) in [6.45, 7) is 7.69. The lowest BCUT2D eigenvalue weighted by Crippen LogP contribution is -2.40. The molecular weight excluding hydrogens is 294 g/mol. The molecule has 98 valence electrons. The Balaban J connectivity index is 2.28. The fourth-order valence-corrected chi connectivity index (χ4v) is 2.60. The molecule has 0 unspecified atom stereocenters. The SMILES string of the molecule is C[C@@H]1Cc2cc(Br)ccc2N1C(=O)OC(C)(C)C. The fourth-order valence-electron chi connectivity index (χ4n) is 2.19. The van der Waals surface area contributed by atoms with Gasteiger partial charge in [-0.3, -0.25) is 4.90 Å². The number of hydrogen-bond donors (Lipinski definition) is 0. The van der Waals surface area contributed by atoms with Gasteiger partial charge in [0.1, 0.15) is 5.60 Å². The summed E-state index contributed by atoms with van der Waals surface area (Å²) >= 11 is 3.46. The molecule has 0 spiro atoms. The molecule has 0 saturated heterocycles. The molecule has 1 aliphatic rings. The molecular formula is C14H18BrNO2. The highest BCUT2D eigenvalue weighted by molar-refractivity contribution is 9.10. The van der Waals surface area contributed by atoms with Gasteiger partial charge in [0.15, 0.2) is 0 Å². The summed E-state index contributed by atoms with van der Waals surface area (Å²) in [6, 6.07) is 6.13. The highest BCUT2D eigenvalue weighted by atomic mass is 79.9. The standard InChI is InChI=1S/C14H18BrNO2/c1-9-7-10-8-11(15)5-6-12(10)16(9)13(17)18-14(2,3)4/h5-6,8-9H,7H2,1-4H3/t9-/m1/s1. The van der Waals surface area contributed by atoms with Gasteiger partial charge in [-0.05, 0) is 57.9 Å². The third kappa shape index (κ3) is 2.69. The molecule has 2 rings (SSSR count). The number of hydrogen-bond acceptors (Lipinski definition) is 2. The molecule has 1 aliphatic heterocycles. The molecule has 18 heavy (non-hydrogen) atoms. The van der Waals surface area contributed by atoms with Crippen LogP contribution in [0.4, 0.5) is 10.5 Å². The summed E-state index contributed by atoms with van der Waals surface area (Å²) in [7, 11) is 0. The van der Waals surface area contributed by atoms with Crippen LogP contribution in [0.2, 0.25) is 0 Å². The average Bonchev–Trinajstić information content (AvgIpc) is 2.50. The van der Waals surface area contributed by atoms with E-state index in [-0.39, 0.29) is 12.1 Å². The van der Waals surface area contributed by atoms with Gasteiger partial charge in [0, 0.05) is 10.5 Å². The van der Waals surface area contributed by atoms with Gasteiger partial charge in [0.05, 0.1) is 5.69 Å². The van der Waals surface area contributed by atoms with Crippen molar-refractivity contribution in [2.45, 2.75) is 45.8 Å². The molecule has 1 aromatic rings. The lowest BCUT2D eigenvalue weighted by molar-refractivity contribution is 0.0572. The van der Waals surface area contributed by atoms with E-state index >= 15 is 0 Å². The second-order valence-corrected chi connectivity index (χ2v) is 6.59. The van der Waals surface area contributed by atoms with Gasteiger partial charge < -0.3 is 4.74 Å². The number of ether oxygens (including phenoxy) is 1. The molecule has 0 saturated carbocycles. The number of benzene rings is 1. The molecule has 1 heterocycles. The van der Waals surface area contributed by atoms with E-state index in [1.165, 1.54) is 5.56 Å². The first kappa shape index (κ1) is 13.4. The number of amides is 1. The van der Waals surface area contributed by atoms with Crippen molar-refractivity contribution in [1.82, 2.24) is 0 Å². The molecule has 4 heteroatoms. The van der Waals surface area contributed by atoms with E-state index in [2.05, 4.69) is 22.0 Å². The Labute approximate surface area is 116 Å². The van der Waals surface area contributed by atoms with Crippen molar-refractivity contribution in [3.05, 3.63) is 28.2 Å². The highest BCUT2D eigenvalue weighted by Crippen LogP contribution is 2.35. The van der Waals surface area contributed by atoms with Crippen molar-refractivity contribution in [3.8, 4) is 0 Å². The Morgan fingerprint density at radius 2 is 2.11 bits per heavy atom. The molecule has 0 fully saturated rings. The van der Waals surface area contributed by atoms with Gasteiger partial charge in [-0.25, -0.2) is 4.79 Å². The summed E-state index contributed by atoms with van der Waals surface area (Å²) < 4.78 is 6.50. The number of rotatable bonds is 0. The number of fused-ring (bicyclic) bond motifs is 1. The minimum absolute atomic E-state index is 0.143. The largest absolute Gasteiger partial charge is 0.443 e. The molecule has 0 radical (unpaired) electrons. The maximum absolute atomic E-state index is 12.2. The minimum Gasteiger partial charge on any atom is -0.443 e. The van der Waals surface area contributed by atoms with E-state index in [9.17, 15) is 4.79 Å². The zero-order valence-electron chi connectivity index (χ0n) is 11.2. The Hall–Kier alpha value is -1.03. The topological polar surface area (TPSA) is 29.5 Å². The molecule has 1 aromatic carbocycles. The molecule has 3 nitrogen and oxygen atoms in total. The molecule has 1 amide bonds. The summed E-state index contributed by atoms with van der Waals surface area (Å²) in [5.41, 5.74) is 1.68. The highest BCUT2D eigenvalue weighted by Gasteiger charge is 2.33. The number of nitrogens with zero attached hydrogens (tertiary/aromatic N) is 1. The van der Waals surface area contributed by atoms with Crippen LogP contribution in [0, 0.1) is 0 Å². The van der Waals surface area contributed by atoms with Crippen molar-refractivity contribution in [1.29, 1.82) is 0 Å². The first-order chi connectivity index (χ1) is 8.28. The Morgan fingerprint density at radius 1 is 1.44 bits per heavy atom. The monoisotopic (exact) mass is 311 g/mol. The third-order valence-electron chi connectivity index (χ3n) is 2.85. The molecule has 0 aromatic heterocycles. The smallest absolute Gasteiger partial charge is 0.415 e. The normalized spacial score (nSPS) is 18.7. The Morgan fingerprint density at radius 3 is 2.72 bits per heavy atom. The number of carbonyl (C=O) groups excluding carboxylic acids is 1. The van der Waals surface area contributed by atoms with Gasteiger partial charge in [0.25, 0.3) is 0 Å². The van der Waals surface area contributed by atoms with Crippen molar-refractivity contribution in [3.63, 3.8) is 0 Å². The predicted octanol–water partition coefficient (Wildman–Crippen LogP) is 4.14. The maximum atomic E-state index is 12.2. The Kier molecular flexibility index (Phi) is 3.41. The van der Waals surface area contributed by atoms with Gasteiger partial charge >= 0.3 is 6.09 Å². The van der Waals surface area contributed by atoms with Crippen LogP contribution < -0.4 is 4.90 Å². The van der Waals surface area contributed by atoms with Crippen LogP contribution in [0.5, 0.6) is 0 Å². The van der Waals surface area contributed by atoms with Crippen molar-refractivity contribution >= 4 is 27.7 Å². The maximum Gasteiger partial charge on any atom is 0.415 e. The van der Waals surface area contributed by atoms with Crippen LogP contribution in [0.15, 0.2) is 22.7 Å². The van der Waals surface area contributed by atoms with Crippen LogP contribution in [0.25, 0.3) is 0 Å². The van der Waals surface area contributed by atoms with Gasteiger partial charge in [-0.2, -0.15) is 0 Å². The van der Waals surface area contributed by atoms with Crippen molar-refractivity contribution < 1.29 is 9.53 Å². The molecule has 0 N–H and O–H groups in total. The summed E-state index contributed by atoms with van der Waals surface area (Å²) in [5.74, 6) is 0. The van der Waals surface area contributed by atoms with Crippen LogP contribution in [0.3, 0.4) is 0 Å². The van der Waals surface area contributed by atoms with Crippen LogP contribution in [0.1, 0.15) is 33.3 Å². The average molecular weight is 312 g/mol. The van der Waals surface area contributed by atoms with Gasteiger partial charge in [-0.15, -0.1) is 0 Å². The van der Waals surface area contributed by atoms with Gasteiger partial charge in [-0.1, -0.05) is 15.9 Å². The summed E-state index contributed by atoms with van der Waals surface area (Å²) in [4.78, 5) is 14.0. The van der Waals surface area contributed by atoms with Crippen molar-refractivity contribution in [2.75, 3.05) is 4.90 Å².